The van der Waals surface area contributed by atoms with Crippen molar-refractivity contribution in [2.45, 2.75) is 46.5 Å². The van der Waals surface area contributed by atoms with Crippen LogP contribution in [0.15, 0.2) is 89.5 Å². The highest BCUT2D eigenvalue weighted by Gasteiger charge is 2.34. The van der Waals surface area contributed by atoms with Crippen LogP contribution >= 0.6 is 0 Å². The average Bonchev–Trinajstić information content (AvgIpc) is 3.55. The summed E-state index contributed by atoms with van der Waals surface area (Å²) in [6.07, 6.45) is 1.76. The first-order valence-electron chi connectivity index (χ1n) is 14.0. The third-order valence-electron chi connectivity index (χ3n) is 8.06. The number of benzene rings is 4. The Morgan fingerprint density at radius 3 is 2.17 bits per heavy atom. The molecule has 4 nitrogen and oxygen atoms in total. The highest BCUT2D eigenvalue weighted by atomic mass is 16.3. The molecule has 0 bridgehead atoms. The number of aryl methyl sites for hydroxylation is 2. The zero-order chi connectivity index (χ0) is 28.1. The Morgan fingerprint density at radius 2 is 1.52 bits per heavy atom. The minimum atomic E-state index is 0.256. The maximum absolute atomic E-state index is 10.3. The van der Waals surface area contributed by atoms with Crippen molar-refractivity contribution in [3.05, 3.63) is 107 Å². The van der Waals surface area contributed by atoms with Gasteiger partial charge >= 0.3 is 0 Å². The Morgan fingerprint density at radius 1 is 0.825 bits per heavy atom. The number of nitrogens with zero attached hydrogens (tertiary/aromatic N) is 3. The second-order valence-electron chi connectivity index (χ2n) is 11.3. The van der Waals surface area contributed by atoms with Gasteiger partial charge in [0.15, 0.2) is 11.0 Å². The van der Waals surface area contributed by atoms with Crippen LogP contribution in [0, 0.1) is 18.3 Å². The monoisotopic (exact) mass is 524 g/mol. The van der Waals surface area contributed by atoms with Gasteiger partial charge in [-0.3, -0.25) is 0 Å². The van der Waals surface area contributed by atoms with Gasteiger partial charge in [-0.25, -0.2) is 4.57 Å². The van der Waals surface area contributed by atoms with E-state index in [-0.39, 0.29) is 11.8 Å². The molecule has 2 heterocycles. The van der Waals surface area contributed by atoms with Gasteiger partial charge in [0.2, 0.25) is 0 Å². The summed E-state index contributed by atoms with van der Waals surface area (Å²) in [7, 11) is 2.11. The van der Waals surface area contributed by atoms with E-state index in [1.807, 2.05) is 18.2 Å². The molecule has 0 atom stereocenters. The zero-order valence-electron chi connectivity index (χ0n) is 24.0. The molecule has 4 heteroatoms. The first kappa shape index (κ1) is 25.6. The van der Waals surface area contributed by atoms with Crippen molar-refractivity contribution >= 4 is 22.0 Å². The Balaban J connectivity index is 1.84. The molecule has 4 aromatic carbocycles. The van der Waals surface area contributed by atoms with Gasteiger partial charge in [-0.15, -0.1) is 0 Å². The van der Waals surface area contributed by atoms with Crippen LogP contribution in [-0.2, 0) is 7.05 Å². The third-order valence-corrected chi connectivity index (χ3v) is 8.06. The van der Waals surface area contributed by atoms with Gasteiger partial charge in [-0.1, -0.05) is 70.2 Å². The predicted octanol–water partition coefficient (Wildman–Crippen LogP) is 8.96. The summed E-state index contributed by atoms with van der Waals surface area (Å²) >= 11 is 0. The maximum atomic E-state index is 10.3. The van der Waals surface area contributed by atoms with E-state index in [1.54, 1.807) is 6.26 Å². The Hall–Kier alpha value is -4.62. The molecule has 198 valence electrons. The van der Waals surface area contributed by atoms with E-state index >= 15 is 0 Å². The largest absolute Gasteiger partial charge is 0.464 e. The molecule has 0 radical (unpaired) electrons. The Kier molecular flexibility index (Phi) is 6.31. The molecule has 2 aromatic heterocycles. The number of furan rings is 1. The quantitative estimate of drug-likeness (QED) is 0.211. The smallest absolute Gasteiger partial charge is 0.295 e. The number of nitriles is 1. The number of aromatic nitrogens is 2. The van der Waals surface area contributed by atoms with Crippen LogP contribution in [0.5, 0.6) is 0 Å². The lowest BCUT2D eigenvalue weighted by Gasteiger charge is -2.21. The van der Waals surface area contributed by atoms with Crippen LogP contribution in [0.4, 0.5) is 0 Å². The van der Waals surface area contributed by atoms with Crippen LogP contribution < -0.4 is 4.57 Å². The summed E-state index contributed by atoms with van der Waals surface area (Å²) < 4.78 is 10.5. The molecule has 6 aromatic rings. The van der Waals surface area contributed by atoms with E-state index < -0.39 is 0 Å². The average molecular weight is 525 g/mol. The minimum absolute atomic E-state index is 0.256. The SMILES string of the molecule is Cc1ccc2occc2c1-c1n(C)c2cccc(C#N)c2[n+]1-c1c(C(C)C)cc(-c2ccccc2)cc1C(C)C. The number of hydrogen-bond donors (Lipinski definition) is 0. The molecule has 0 aliphatic rings. The molecule has 0 saturated carbocycles. The van der Waals surface area contributed by atoms with Crippen molar-refractivity contribution in [3.8, 4) is 34.3 Å². The maximum Gasteiger partial charge on any atom is 0.295 e. The van der Waals surface area contributed by atoms with Crippen LogP contribution in [0.3, 0.4) is 0 Å². The Labute approximate surface area is 235 Å². The summed E-state index contributed by atoms with van der Waals surface area (Å²) in [4.78, 5) is 0. The molecule has 0 aliphatic carbocycles. The van der Waals surface area contributed by atoms with Gasteiger partial charge in [0.05, 0.1) is 18.9 Å². The Bertz CT molecular complexity index is 1900. The summed E-state index contributed by atoms with van der Waals surface area (Å²) in [6, 6.07) is 30.0. The number of rotatable bonds is 5. The zero-order valence-corrected chi connectivity index (χ0v) is 24.0. The van der Waals surface area contributed by atoms with Gasteiger partial charge in [0, 0.05) is 16.5 Å². The van der Waals surface area contributed by atoms with Crippen LogP contribution in [0.2, 0.25) is 0 Å². The van der Waals surface area contributed by atoms with E-state index in [2.05, 4.69) is 118 Å². The highest BCUT2D eigenvalue weighted by molar-refractivity contribution is 5.95. The van der Waals surface area contributed by atoms with E-state index in [9.17, 15) is 5.26 Å². The fourth-order valence-electron chi connectivity index (χ4n) is 6.06. The highest BCUT2D eigenvalue weighted by Crippen LogP contribution is 2.39. The van der Waals surface area contributed by atoms with Crippen molar-refractivity contribution in [2.75, 3.05) is 0 Å². The second kappa shape index (κ2) is 9.84. The molecule has 0 aliphatic heterocycles. The number of imidazole rings is 1. The lowest BCUT2D eigenvalue weighted by atomic mass is 9.88. The fraction of sp³-hybridized carbons (Fsp3) is 0.222. The van der Waals surface area contributed by atoms with Crippen LogP contribution in [0.1, 0.15) is 61.8 Å². The van der Waals surface area contributed by atoms with Crippen molar-refractivity contribution in [1.29, 1.82) is 5.26 Å². The topological polar surface area (TPSA) is 45.7 Å². The number of fused-ring (bicyclic) bond motifs is 2. The van der Waals surface area contributed by atoms with E-state index in [0.29, 0.717) is 5.56 Å². The summed E-state index contributed by atoms with van der Waals surface area (Å²) in [6.45, 7) is 11.2. The molecule has 6 rings (SSSR count). The molecule has 0 spiro atoms. The number of hydrogen-bond acceptors (Lipinski definition) is 2. The van der Waals surface area contributed by atoms with Gasteiger partial charge < -0.3 is 4.42 Å². The molecule has 0 N–H and O–H groups in total. The van der Waals surface area contributed by atoms with E-state index in [4.69, 9.17) is 4.42 Å². The van der Waals surface area contributed by atoms with Crippen molar-refractivity contribution in [1.82, 2.24) is 4.57 Å². The van der Waals surface area contributed by atoms with Crippen LogP contribution in [-0.4, -0.2) is 4.57 Å². The molecule has 0 saturated heterocycles. The predicted molar refractivity (Wildman–Crippen MR) is 163 cm³/mol. The van der Waals surface area contributed by atoms with E-state index in [0.717, 1.165) is 44.6 Å². The van der Waals surface area contributed by atoms with Crippen molar-refractivity contribution < 1.29 is 8.98 Å². The van der Waals surface area contributed by atoms with Crippen molar-refractivity contribution in [2.24, 2.45) is 7.05 Å². The molecule has 0 amide bonds. The third kappa shape index (κ3) is 3.93. The molecule has 0 unspecified atom stereocenters. The lowest BCUT2D eigenvalue weighted by Crippen LogP contribution is -2.37. The van der Waals surface area contributed by atoms with Gasteiger partial charge in [-0.2, -0.15) is 9.83 Å². The summed E-state index contributed by atoms with van der Waals surface area (Å²) in [5.41, 5.74) is 11.8. The molecule has 0 fully saturated rings. The summed E-state index contributed by atoms with van der Waals surface area (Å²) in [5, 5.41) is 11.4. The van der Waals surface area contributed by atoms with Crippen LogP contribution in [0.25, 0.3) is 50.2 Å². The molecule has 40 heavy (non-hydrogen) atoms. The second-order valence-corrected chi connectivity index (χ2v) is 11.3. The normalized spacial score (nSPS) is 11.7. The minimum Gasteiger partial charge on any atom is -0.464 e. The lowest BCUT2D eigenvalue weighted by molar-refractivity contribution is -0.557. The van der Waals surface area contributed by atoms with Gasteiger partial charge in [0.25, 0.3) is 5.82 Å². The van der Waals surface area contributed by atoms with Gasteiger partial charge in [-0.05, 0) is 71.8 Å². The first-order chi connectivity index (χ1) is 19.3. The van der Waals surface area contributed by atoms with Crippen molar-refractivity contribution in [3.63, 3.8) is 0 Å². The van der Waals surface area contributed by atoms with E-state index in [1.165, 1.54) is 22.3 Å². The summed E-state index contributed by atoms with van der Waals surface area (Å²) in [5.74, 6) is 1.55. The fourth-order valence-corrected chi connectivity index (χ4v) is 6.06. The molecular formula is C36H34N3O+. The first-order valence-corrected chi connectivity index (χ1v) is 14.0. The number of para-hydroxylation sites is 1. The molecular weight excluding hydrogens is 490 g/mol. The van der Waals surface area contributed by atoms with Gasteiger partial charge in [0.1, 0.15) is 22.9 Å². The standard InChI is InChI=1S/C36H34N3O/c1-22(2)29-19-27(25-11-8-7-9-12-25)20-30(23(3)4)35(29)39-34-26(21-37)13-10-14-31(34)38(6)36(39)33-24(5)15-16-32-28(33)17-18-40-32/h7-20,22-23H,1-6H3/q+1.